The standard InChI is InChI=1S/C45H55N7O6/c1-24(2)38(49-44(55)57-5)42(53)51-19-7-8-37(51)41-46-23-36(48-41)29-13-16-33-27(21-29)10-9-26-20-28(12-15-32(26)33)34-17-18-35(47-34)40-30-11-14-31(22-30)52(40)43(54)39(25(3)4)50-45(56)58-6/h12-13,15-18,20-21,23-25,30-31,37-40,47H,7-11,14,19,22H2,1-6H3,(H,46,48)(H,49,55)(H,50,56)/t30-,31+,37-,38-,39-,40-/m0/s1. The van der Waals surface area contributed by atoms with Crippen LogP contribution in [0.15, 0.2) is 54.7 Å². The maximum atomic E-state index is 14.0. The molecule has 58 heavy (non-hydrogen) atoms. The summed E-state index contributed by atoms with van der Waals surface area (Å²) < 4.78 is 9.63. The van der Waals surface area contributed by atoms with Gasteiger partial charge in [0.15, 0.2) is 0 Å². The molecule has 6 atom stereocenters. The third-order valence-corrected chi connectivity index (χ3v) is 12.9. The first-order valence-electron chi connectivity index (χ1n) is 20.8. The number of likely N-dealkylation sites (tertiary alicyclic amines) is 2. The number of imidazole rings is 1. The summed E-state index contributed by atoms with van der Waals surface area (Å²) in [6.07, 6.45) is 7.17. The SMILES string of the molecule is COC(=O)N[C@H](C(=O)N1CCC[C@H]1c1ncc(-c2ccc3c(c2)CCc2cc(-c4ccc([C@@H]5[C@H]6CC[C@H](C6)N5C(=O)[C@@H](NC(=O)OC)C(C)C)[nH]4)ccc2-3)[nH]1)C(C)C. The molecule has 2 aromatic carbocycles. The Hall–Kier alpha value is -5.59. The van der Waals surface area contributed by atoms with Crippen LogP contribution in [0, 0.1) is 17.8 Å². The lowest BCUT2D eigenvalue weighted by Crippen LogP contribution is -2.53. The van der Waals surface area contributed by atoms with Crippen molar-refractivity contribution in [2.45, 2.75) is 103 Å². The number of nitrogens with zero attached hydrogens (tertiary/aromatic N) is 3. The minimum Gasteiger partial charge on any atom is -0.453 e. The summed E-state index contributed by atoms with van der Waals surface area (Å²) in [5.41, 5.74) is 10.2. The highest BCUT2D eigenvalue weighted by atomic mass is 16.5. The van der Waals surface area contributed by atoms with E-state index in [1.54, 1.807) is 0 Å². The Balaban J connectivity index is 0.983. The van der Waals surface area contributed by atoms with Gasteiger partial charge in [-0.1, -0.05) is 52.0 Å². The first kappa shape index (κ1) is 39.2. The quantitative estimate of drug-likeness (QED) is 0.131. The zero-order valence-corrected chi connectivity index (χ0v) is 34.3. The number of hydrogen-bond donors (Lipinski definition) is 4. The monoisotopic (exact) mass is 789 g/mol. The van der Waals surface area contributed by atoms with Crippen molar-refractivity contribution < 1.29 is 28.7 Å². The van der Waals surface area contributed by atoms with Crippen molar-refractivity contribution in [2.75, 3.05) is 20.8 Å². The number of hydrogen-bond acceptors (Lipinski definition) is 7. The van der Waals surface area contributed by atoms with Crippen LogP contribution >= 0.6 is 0 Å². The molecule has 2 saturated heterocycles. The predicted molar refractivity (Wildman–Crippen MR) is 219 cm³/mol. The molecule has 0 unspecified atom stereocenters. The Kier molecular flexibility index (Phi) is 10.8. The van der Waals surface area contributed by atoms with Crippen molar-refractivity contribution >= 4 is 24.0 Å². The van der Waals surface area contributed by atoms with Crippen molar-refractivity contribution in [1.82, 2.24) is 35.4 Å². The average Bonchev–Trinajstić information content (AvgIpc) is 4.09. The van der Waals surface area contributed by atoms with E-state index < -0.39 is 24.3 Å². The lowest BCUT2D eigenvalue weighted by Gasteiger charge is -2.38. The Labute approximate surface area is 339 Å². The molecule has 1 saturated carbocycles. The zero-order chi connectivity index (χ0) is 40.8. The second kappa shape index (κ2) is 16.0. The number of carbonyl (C=O) groups is 4. The number of benzene rings is 2. The number of amides is 4. The second-order valence-electron chi connectivity index (χ2n) is 17.1. The van der Waals surface area contributed by atoms with Crippen molar-refractivity contribution in [2.24, 2.45) is 17.8 Å². The van der Waals surface area contributed by atoms with Gasteiger partial charge in [0.05, 0.1) is 38.2 Å². The number of carbonyl (C=O) groups excluding carboxylic acids is 4. The number of aryl methyl sites for hydroxylation is 2. The van der Waals surface area contributed by atoms with E-state index in [0.717, 1.165) is 79.0 Å². The molecule has 4 aliphatic rings. The maximum Gasteiger partial charge on any atom is 0.407 e. The molecular weight excluding hydrogens is 735 g/mol. The molecule has 2 aliphatic heterocycles. The Morgan fingerprint density at radius 2 is 1.38 bits per heavy atom. The molecule has 0 radical (unpaired) electrons. The molecule has 13 nitrogen and oxygen atoms in total. The lowest BCUT2D eigenvalue weighted by molar-refractivity contribution is -0.139. The summed E-state index contributed by atoms with van der Waals surface area (Å²) in [4.78, 5) is 67.7. The second-order valence-corrected chi connectivity index (χ2v) is 17.1. The topological polar surface area (TPSA) is 162 Å². The van der Waals surface area contributed by atoms with E-state index in [-0.39, 0.29) is 41.8 Å². The highest BCUT2D eigenvalue weighted by Gasteiger charge is 2.51. The smallest absolute Gasteiger partial charge is 0.407 e. The molecule has 0 spiro atoms. The molecule has 3 fully saturated rings. The summed E-state index contributed by atoms with van der Waals surface area (Å²) in [6, 6.07) is 16.1. The van der Waals surface area contributed by atoms with Crippen molar-refractivity contribution in [3.8, 4) is 33.6 Å². The van der Waals surface area contributed by atoms with Crippen LogP contribution in [0.25, 0.3) is 33.6 Å². The van der Waals surface area contributed by atoms with E-state index in [0.29, 0.717) is 12.5 Å². The molecule has 13 heteroatoms. The van der Waals surface area contributed by atoms with Crippen LogP contribution in [0.4, 0.5) is 9.59 Å². The third kappa shape index (κ3) is 7.24. The molecule has 4 aromatic rings. The number of rotatable bonds is 10. The van der Waals surface area contributed by atoms with Gasteiger partial charge in [0.25, 0.3) is 0 Å². The Morgan fingerprint density at radius 1 is 0.759 bits per heavy atom. The number of fused-ring (bicyclic) bond motifs is 5. The van der Waals surface area contributed by atoms with Gasteiger partial charge in [-0.05, 0) is 120 Å². The molecular formula is C45H55N7O6. The van der Waals surface area contributed by atoms with Gasteiger partial charge in [-0.15, -0.1) is 0 Å². The fraction of sp³-hybridized carbons (Fsp3) is 0.489. The van der Waals surface area contributed by atoms with Gasteiger partial charge in [0, 0.05) is 24.0 Å². The highest BCUT2D eigenvalue weighted by molar-refractivity contribution is 5.88. The molecule has 2 aromatic heterocycles. The van der Waals surface area contributed by atoms with Crippen LogP contribution in [0.2, 0.25) is 0 Å². The van der Waals surface area contributed by atoms with Crippen LogP contribution in [0.1, 0.15) is 94.5 Å². The molecule has 8 rings (SSSR count). The molecule has 2 bridgehead atoms. The Morgan fingerprint density at radius 3 is 2.00 bits per heavy atom. The van der Waals surface area contributed by atoms with Gasteiger partial charge in [-0.2, -0.15) is 0 Å². The third-order valence-electron chi connectivity index (χ3n) is 12.9. The van der Waals surface area contributed by atoms with E-state index in [9.17, 15) is 19.2 Å². The van der Waals surface area contributed by atoms with Crippen molar-refractivity contribution in [1.29, 1.82) is 0 Å². The van der Waals surface area contributed by atoms with Crippen molar-refractivity contribution in [3.63, 3.8) is 0 Å². The lowest BCUT2D eigenvalue weighted by atomic mass is 9.83. The number of methoxy groups -OCH3 is 2. The minimum atomic E-state index is -0.681. The van der Waals surface area contributed by atoms with E-state index in [1.165, 1.54) is 36.5 Å². The summed E-state index contributed by atoms with van der Waals surface area (Å²) in [7, 11) is 2.62. The number of ether oxygens (including phenoxy) is 2. The molecule has 4 amide bonds. The van der Waals surface area contributed by atoms with E-state index in [2.05, 4.69) is 69.1 Å². The summed E-state index contributed by atoms with van der Waals surface area (Å²) in [5, 5.41) is 5.51. The van der Waals surface area contributed by atoms with Crippen LogP contribution in [-0.4, -0.2) is 87.6 Å². The molecule has 2 aliphatic carbocycles. The van der Waals surface area contributed by atoms with Crippen LogP contribution < -0.4 is 10.6 Å². The van der Waals surface area contributed by atoms with Gasteiger partial charge >= 0.3 is 12.2 Å². The summed E-state index contributed by atoms with van der Waals surface area (Å²) in [6.45, 7) is 8.33. The maximum absolute atomic E-state index is 14.0. The first-order chi connectivity index (χ1) is 27.9. The summed E-state index contributed by atoms with van der Waals surface area (Å²) >= 11 is 0. The van der Waals surface area contributed by atoms with Gasteiger partial charge in [0.1, 0.15) is 17.9 Å². The zero-order valence-electron chi connectivity index (χ0n) is 34.3. The highest BCUT2D eigenvalue weighted by Crippen LogP contribution is 2.51. The number of alkyl carbamates (subject to hydrolysis) is 2. The number of piperidine rings is 1. The van der Waals surface area contributed by atoms with E-state index >= 15 is 0 Å². The van der Waals surface area contributed by atoms with Crippen LogP contribution in [0.5, 0.6) is 0 Å². The number of aromatic nitrogens is 3. The fourth-order valence-corrected chi connectivity index (χ4v) is 9.90. The molecule has 306 valence electrons. The van der Waals surface area contributed by atoms with Crippen molar-refractivity contribution in [3.05, 3.63) is 77.4 Å². The van der Waals surface area contributed by atoms with Crippen LogP contribution in [0.3, 0.4) is 0 Å². The summed E-state index contributed by atoms with van der Waals surface area (Å²) in [5.74, 6) is 0.781. The minimum absolute atomic E-state index is 0.0455. The average molecular weight is 790 g/mol. The molecule has 4 N–H and O–H groups in total. The van der Waals surface area contributed by atoms with E-state index in [1.807, 2.05) is 43.7 Å². The van der Waals surface area contributed by atoms with Gasteiger partial charge in [-0.25, -0.2) is 14.6 Å². The van der Waals surface area contributed by atoms with Gasteiger partial charge in [-0.3, -0.25) is 9.59 Å². The molecule has 4 heterocycles. The first-order valence-corrected chi connectivity index (χ1v) is 20.8. The predicted octanol–water partition coefficient (Wildman–Crippen LogP) is 7.31. The van der Waals surface area contributed by atoms with E-state index in [4.69, 9.17) is 14.5 Å². The van der Waals surface area contributed by atoms with Gasteiger partial charge in [0.2, 0.25) is 11.8 Å². The van der Waals surface area contributed by atoms with Crippen LogP contribution in [-0.2, 0) is 31.9 Å². The number of nitrogens with one attached hydrogen (secondary N) is 4. The Bertz CT molecular complexity index is 2210. The largest absolute Gasteiger partial charge is 0.453 e. The van der Waals surface area contributed by atoms with Gasteiger partial charge < -0.3 is 39.9 Å². The number of H-pyrrole nitrogens is 2. The normalized spacial score (nSPS) is 21.8. The fourth-order valence-electron chi connectivity index (χ4n) is 9.90. The number of aromatic amines is 2.